The van der Waals surface area contributed by atoms with E-state index in [-0.39, 0.29) is 5.91 Å². The molecule has 0 spiro atoms. The van der Waals surface area contributed by atoms with E-state index in [1.165, 1.54) is 28.0 Å². The van der Waals surface area contributed by atoms with E-state index in [0.29, 0.717) is 25.4 Å². The van der Waals surface area contributed by atoms with Gasteiger partial charge in [-0.25, -0.2) is 4.98 Å². The predicted molar refractivity (Wildman–Crippen MR) is 113 cm³/mol. The van der Waals surface area contributed by atoms with Gasteiger partial charge in [0.05, 0.1) is 0 Å². The minimum absolute atomic E-state index is 0.0128. The van der Waals surface area contributed by atoms with Crippen LogP contribution in [0.25, 0.3) is 5.57 Å². The molecule has 0 bridgehead atoms. The zero-order valence-corrected chi connectivity index (χ0v) is 16.6. The van der Waals surface area contributed by atoms with Crippen molar-refractivity contribution in [3.05, 3.63) is 87.9 Å². The number of thiazole rings is 1. The Morgan fingerprint density at radius 2 is 1.93 bits per heavy atom. The predicted octanol–water partition coefficient (Wildman–Crippen LogP) is 4.96. The van der Waals surface area contributed by atoms with Crippen LogP contribution in [0.3, 0.4) is 0 Å². The molecule has 28 heavy (non-hydrogen) atoms. The van der Waals surface area contributed by atoms with Crippen molar-refractivity contribution in [3.63, 3.8) is 0 Å². The Labute approximate surface area is 169 Å². The number of hydrogen-bond acceptors (Lipinski definition) is 4. The fourth-order valence-corrected chi connectivity index (χ4v) is 3.86. The molecule has 1 aromatic heterocycles. The van der Waals surface area contributed by atoms with Crippen LogP contribution < -0.4 is 4.74 Å². The summed E-state index contributed by atoms with van der Waals surface area (Å²) in [5, 5.41) is 2.63. The molecule has 0 saturated heterocycles. The highest BCUT2D eigenvalue weighted by Crippen LogP contribution is 2.23. The molecular weight excluding hydrogens is 368 g/mol. The van der Waals surface area contributed by atoms with Crippen molar-refractivity contribution in [3.8, 4) is 5.75 Å². The minimum Gasteiger partial charge on any atom is -0.486 e. The van der Waals surface area contributed by atoms with Gasteiger partial charge < -0.3 is 9.64 Å². The molecule has 3 aromatic rings. The summed E-state index contributed by atoms with van der Waals surface area (Å²) in [5.41, 5.74) is 4.23. The van der Waals surface area contributed by atoms with Gasteiger partial charge in [-0.3, -0.25) is 4.79 Å². The van der Waals surface area contributed by atoms with Crippen LogP contribution in [0.5, 0.6) is 5.75 Å². The van der Waals surface area contributed by atoms with E-state index in [4.69, 9.17) is 4.74 Å². The molecule has 0 aliphatic carbocycles. The third-order valence-corrected chi connectivity index (χ3v) is 5.62. The molecule has 2 heterocycles. The number of hydrogen-bond donors (Lipinski definition) is 0. The standard InChI is InChI=1S/C23H22N2O2S/c1-17-7-9-20(10-8-17)27-15-22-24-21(16-28-22)23(26)25-13-11-19(12-14-25)18-5-3-2-4-6-18/h2-11,16H,12-15H2,1H3. The third kappa shape index (κ3) is 4.31. The van der Waals surface area contributed by atoms with Gasteiger partial charge in [0.2, 0.25) is 0 Å². The van der Waals surface area contributed by atoms with E-state index in [1.807, 2.05) is 59.7 Å². The summed E-state index contributed by atoms with van der Waals surface area (Å²) in [6, 6.07) is 18.3. The molecule has 5 heteroatoms. The van der Waals surface area contributed by atoms with E-state index in [9.17, 15) is 4.79 Å². The lowest BCUT2D eigenvalue weighted by molar-refractivity contribution is 0.0767. The number of carbonyl (C=O) groups excluding carboxylic acids is 1. The Morgan fingerprint density at radius 1 is 1.14 bits per heavy atom. The molecule has 0 fully saturated rings. The number of amides is 1. The van der Waals surface area contributed by atoms with Crippen LogP contribution in [0, 0.1) is 6.92 Å². The molecule has 0 N–H and O–H groups in total. The normalized spacial score (nSPS) is 13.9. The summed E-state index contributed by atoms with van der Waals surface area (Å²) in [6.07, 6.45) is 3.01. The second-order valence-electron chi connectivity index (χ2n) is 6.82. The highest BCUT2D eigenvalue weighted by atomic mass is 32.1. The van der Waals surface area contributed by atoms with Gasteiger partial charge in [-0.05, 0) is 36.6 Å². The second-order valence-corrected chi connectivity index (χ2v) is 7.77. The Morgan fingerprint density at radius 3 is 2.64 bits per heavy atom. The van der Waals surface area contributed by atoms with E-state index < -0.39 is 0 Å². The average Bonchev–Trinajstić information content (AvgIpc) is 3.23. The Bertz CT molecular complexity index is 977. The van der Waals surface area contributed by atoms with Crippen LogP contribution in [0.1, 0.15) is 33.0 Å². The van der Waals surface area contributed by atoms with Crippen molar-refractivity contribution >= 4 is 22.8 Å². The first-order chi connectivity index (χ1) is 13.7. The monoisotopic (exact) mass is 390 g/mol. The fraction of sp³-hybridized carbons (Fsp3) is 0.217. The molecule has 0 radical (unpaired) electrons. The summed E-state index contributed by atoms with van der Waals surface area (Å²) < 4.78 is 5.76. The minimum atomic E-state index is -0.0128. The first kappa shape index (κ1) is 18.4. The Hall–Kier alpha value is -2.92. The Balaban J connectivity index is 1.35. The van der Waals surface area contributed by atoms with Crippen molar-refractivity contribution in [2.24, 2.45) is 0 Å². The molecule has 142 valence electrons. The summed E-state index contributed by atoms with van der Waals surface area (Å²) in [4.78, 5) is 19.1. The quantitative estimate of drug-likeness (QED) is 0.618. The highest BCUT2D eigenvalue weighted by Gasteiger charge is 2.21. The summed E-state index contributed by atoms with van der Waals surface area (Å²) in [5.74, 6) is 0.796. The molecular formula is C23H22N2O2S. The number of nitrogens with zero attached hydrogens (tertiary/aromatic N) is 2. The van der Waals surface area contributed by atoms with Crippen LogP contribution in [0.2, 0.25) is 0 Å². The van der Waals surface area contributed by atoms with Gasteiger partial charge in [-0.15, -0.1) is 11.3 Å². The molecule has 0 atom stereocenters. The van der Waals surface area contributed by atoms with Crippen molar-refractivity contribution in [1.29, 1.82) is 0 Å². The van der Waals surface area contributed by atoms with Crippen LogP contribution in [0.15, 0.2) is 66.1 Å². The number of benzene rings is 2. The van der Waals surface area contributed by atoms with Crippen LogP contribution in [-0.2, 0) is 6.61 Å². The Kier molecular flexibility index (Phi) is 5.53. The van der Waals surface area contributed by atoms with Gasteiger partial charge in [0.1, 0.15) is 23.1 Å². The molecule has 4 rings (SSSR count). The lowest BCUT2D eigenvalue weighted by atomic mass is 9.99. The zero-order chi connectivity index (χ0) is 19.3. The van der Waals surface area contributed by atoms with E-state index in [1.54, 1.807) is 0 Å². The molecule has 4 nitrogen and oxygen atoms in total. The lowest BCUT2D eigenvalue weighted by Gasteiger charge is -2.26. The lowest BCUT2D eigenvalue weighted by Crippen LogP contribution is -2.34. The molecule has 0 saturated carbocycles. The first-order valence-electron chi connectivity index (χ1n) is 9.36. The van der Waals surface area contributed by atoms with E-state index in [2.05, 4.69) is 23.2 Å². The van der Waals surface area contributed by atoms with Crippen molar-refractivity contribution in [2.45, 2.75) is 20.0 Å². The van der Waals surface area contributed by atoms with E-state index in [0.717, 1.165) is 17.2 Å². The highest BCUT2D eigenvalue weighted by molar-refractivity contribution is 7.09. The second kappa shape index (κ2) is 8.40. The topological polar surface area (TPSA) is 42.4 Å². The molecule has 0 unspecified atom stereocenters. The van der Waals surface area contributed by atoms with Gasteiger partial charge >= 0.3 is 0 Å². The largest absolute Gasteiger partial charge is 0.486 e. The smallest absolute Gasteiger partial charge is 0.273 e. The molecule has 1 aliphatic heterocycles. The third-order valence-electron chi connectivity index (χ3n) is 4.80. The SMILES string of the molecule is Cc1ccc(OCc2nc(C(=O)N3CC=C(c4ccccc4)CC3)cs2)cc1. The zero-order valence-electron chi connectivity index (χ0n) is 15.8. The van der Waals surface area contributed by atoms with Crippen LogP contribution >= 0.6 is 11.3 Å². The number of aromatic nitrogens is 1. The number of carbonyl (C=O) groups is 1. The molecule has 1 aliphatic rings. The fourth-order valence-electron chi connectivity index (χ4n) is 3.18. The summed E-state index contributed by atoms with van der Waals surface area (Å²) in [6.45, 7) is 3.75. The van der Waals surface area contributed by atoms with Crippen molar-refractivity contribution in [1.82, 2.24) is 9.88 Å². The maximum absolute atomic E-state index is 12.8. The number of ether oxygens (including phenoxy) is 1. The van der Waals surface area contributed by atoms with Gasteiger partial charge in [-0.1, -0.05) is 54.1 Å². The summed E-state index contributed by atoms with van der Waals surface area (Å²) >= 11 is 1.46. The van der Waals surface area contributed by atoms with Crippen LogP contribution in [-0.4, -0.2) is 28.9 Å². The van der Waals surface area contributed by atoms with Crippen molar-refractivity contribution < 1.29 is 9.53 Å². The number of aryl methyl sites for hydroxylation is 1. The average molecular weight is 391 g/mol. The molecule has 1 amide bonds. The van der Waals surface area contributed by atoms with Crippen LogP contribution in [0.4, 0.5) is 0 Å². The van der Waals surface area contributed by atoms with Crippen molar-refractivity contribution in [2.75, 3.05) is 13.1 Å². The molecule has 2 aromatic carbocycles. The maximum Gasteiger partial charge on any atom is 0.273 e. The van der Waals surface area contributed by atoms with Gasteiger partial charge in [-0.2, -0.15) is 0 Å². The van der Waals surface area contributed by atoms with Gasteiger partial charge in [0.25, 0.3) is 5.91 Å². The summed E-state index contributed by atoms with van der Waals surface area (Å²) in [7, 11) is 0. The first-order valence-corrected chi connectivity index (χ1v) is 10.2. The number of rotatable bonds is 5. The van der Waals surface area contributed by atoms with Gasteiger partial charge in [0, 0.05) is 18.5 Å². The van der Waals surface area contributed by atoms with Gasteiger partial charge in [0.15, 0.2) is 0 Å². The maximum atomic E-state index is 12.8. The van der Waals surface area contributed by atoms with E-state index >= 15 is 0 Å².